The van der Waals surface area contributed by atoms with Gasteiger partial charge >= 0.3 is 0 Å². The molecule has 0 aliphatic carbocycles. The summed E-state index contributed by atoms with van der Waals surface area (Å²) in [4.78, 5) is 0. The summed E-state index contributed by atoms with van der Waals surface area (Å²) in [5.74, 6) is -0.185. The van der Waals surface area contributed by atoms with E-state index >= 15 is 0 Å². The Labute approximate surface area is 90.1 Å². The van der Waals surface area contributed by atoms with Gasteiger partial charge in [-0.25, -0.2) is 4.39 Å². The Hall–Kier alpha value is -0.930. The Kier molecular flexibility index (Phi) is 5.29. The Morgan fingerprint density at radius 2 is 2.27 bits per heavy atom. The summed E-state index contributed by atoms with van der Waals surface area (Å²) >= 11 is 0. The van der Waals surface area contributed by atoms with E-state index in [9.17, 15) is 4.39 Å². The van der Waals surface area contributed by atoms with Gasteiger partial charge in [-0.3, -0.25) is 0 Å². The average Bonchev–Trinajstić information content (AvgIpc) is 2.18. The summed E-state index contributed by atoms with van der Waals surface area (Å²) in [7, 11) is 0. The van der Waals surface area contributed by atoms with Crippen molar-refractivity contribution in [3.8, 4) is 0 Å². The fourth-order valence-electron chi connectivity index (χ4n) is 1.52. The van der Waals surface area contributed by atoms with Crippen LogP contribution in [0.5, 0.6) is 0 Å². The molecule has 0 aromatic heterocycles. The van der Waals surface area contributed by atoms with Gasteiger partial charge in [0.2, 0.25) is 0 Å². The highest BCUT2D eigenvalue weighted by Crippen LogP contribution is 2.06. The zero-order valence-electron chi connectivity index (χ0n) is 9.04. The first-order chi connectivity index (χ1) is 7.22. The molecule has 0 saturated heterocycles. The highest BCUT2D eigenvalue weighted by Gasteiger charge is 2.02. The van der Waals surface area contributed by atoms with Crippen molar-refractivity contribution in [1.82, 2.24) is 5.32 Å². The molecular formula is C12H18FNO. The summed E-state index contributed by atoms with van der Waals surface area (Å²) < 4.78 is 12.9. The van der Waals surface area contributed by atoms with Crippen LogP contribution < -0.4 is 5.32 Å². The van der Waals surface area contributed by atoms with Crippen molar-refractivity contribution in [1.29, 1.82) is 0 Å². The van der Waals surface area contributed by atoms with Gasteiger partial charge in [0.1, 0.15) is 5.82 Å². The molecule has 1 unspecified atom stereocenters. The van der Waals surface area contributed by atoms with Crippen LogP contribution >= 0.6 is 0 Å². The van der Waals surface area contributed by atoms with E-state index in [4.69, 9.17) is 5.11 Å². The van der Waals surface area contributed by atoms with Gasteiger partial charge in [0.05, 0.1) is 0 Å². The smallest absolute Gasteiger partial charge is 0.123 e. The second-order valence-corrected chi connectivity index (χ2v) is 3.77. The Bertz CT molecular complexity index is 291. The van der Waals surface area contributed by atoms with Gasteiger partial charge in [0.15, 0.2) is 0 Å². The number of hydrogen-bond acceptors (Lipinski definition) is 2. The van der Waals surface area contributed by atoms with E-state index in [1.807, 2.05) is 6.07 Å². The fourth-order valence-corrected chi connectivity index (χ4v) is 1.52. The molecule has 0 heterocycles. The van der Waals surface area contributed by atoms with E-state index < -0.39 is 0 Å². The monoisotopic (exact) mass is 211 g/mol. The van der Waals surface area contributed by atoms with Gasteiger partial charge in [-0.15, -0.1) is 0 Å². The molecule has 1 rings (SSSR count). The average molecular weight is 211 g/mol. The molecule has 1 aromatic carbocycles. The van der Waals surface area contributed by atoms with Gasteiger partial charge in [-0.2, -0.15) is 0 Å². The molecule has 0 amide bonds. The molecule has 84 valence electrons. The van der Waals surface area contributed by atoms with Crippen LogP contribution in [-0.2, 0) is 6.42 Å². The maximum Gasteiger partial charge on any atom is 0.123 e. The molecule has 0 aliphatic heterocycles. The molecule has 15 heavy (non-hydrogen) atoms. The van der Waals surface area contributed by atoms with E-state index in [1.54, 1.807) is 12.1 Å². The number of hydrogen-bond donors (Lipinski definition) is 2. The lowest BCUT2D eigenvalue weighted by atomic mass is 10.1. The van der Waals surface area contributed by atoms with Gasteiger partial charge < -0.3 is 10.4 Å². The van der Waals surface area contributed by atoms with Gasteiger partial charge in [0, 0.05) is 12.6 Å². The molecule has 0 radical (unpaired) electrons. The van der Waals surface area contributed by atoms with Crippen LogP contribution in [0.2, 0.25) is 0 Å². The van der Waals surface area contributed by atoms with E-state index in [0.717, 1.165) is 24.9 Å². The largest absolute Gasteiger partial charge is 0.396 e. The molecule has 2 nitrogen and oxygen atoms in total. The first kappa shape index (κ1) is 12.1. The number of aliphatic hydroxyl groups excluding tert-OH is 1. The summed E-state index contributed by atoms with van der Waals surface area (Å²) in [5.41, 5.74) is 0.999. The molecule has 0 saturated carbocycles. The van der Waals surface area contributed by atoms with Crippen LogP contribution in [0.3, 0.4) is 0 Å². The predicted molar refractivity (Wildman–Crippen MR) is 59.3 cm³/mol. The molecule has 0 bridgehead atoms. The fraction of sp³-hybridized carbons (Fsp3) is 0.500. The minimum atomic E-state index is -0.185. The molecular weight excluding hydrogens is 193 g/mol. The molecule has 0 spiro atoms. The van der Waals surface area contributed by atoms with Gasteiger partial charge in [0.25, 0.3) is 0 Å². The van der Waals surface area contributed by atoms with Crippen LogP contribution in [0, 0.1) is 5.82 Å². The highest BCUT2D eigenvalue weighted by atomic mass is 19.1. The third-order valence-electron chi connectivity index (χ3n) is 2.26. The van der Waals surface area contributed by atoms with Crippen molar-refractivity contribution in [2.24, 2.45) is 0 Å². The second kappa shape index (κ2) is 6.53. The summed E-state index contributed by atoms with van der Waals surface area (Å²) in [6.07, 6.45) is 1.57. The van der Waals surface area contributed by atoms with E-state index in [0.29, 0.717) is 6.04 Å². The lowest BCUT2D eigenvalue weighted by Crippen LogP contribution is -2.29. The topological polar surface area (TPSA) is 32.3 Å². The van der Waals surface area contributed by atoms with Crippen molar-refractivity contribution in [3.63, 3.8) is 0 Å². The number of benzene rings is 1. The molecule has 0 aliphatic rings. The lowest BCUT2D eigenvalue weighted by Gasteiger charge is -2.13. The Morgan fingerprint density at radius 1 is 1.47 bits per heavy atom. The highest BCUT2D eigenvalue weighted by molar-refractivity contribution is 5.17. The molecule has 3 heteroatoms. The minimum Gasteiger partial charge on any atom is -0.396 e. The lowest BCUT2D eigenvalue weighted by molar-refractivity contribution is 0.283. The minimum absolute atomic E-state index is 0.185. The third-order valence-corrected chi connectivity index (χ3v) is 2.26. The summed E-state index contributed by atoms with van der Waals surface area (Å²) in [6.45, 7) is 3.06. The van der Waals surface area contributed by atoms with E-state index in [2.05, 4.69) is 12.2 Å². The van der Waals surface area contributed by atoms with E-state index in [-0.39, 0.29) is 12.4 Å². The van der Waals surface area contributed by atoms with Crippen molar-refractivity contribution in [2.45, 2.75) is 25.8 Å². The zero-order chi connectivity index (χ0) is 11.1. The van der Waals surface area contributed by atoms with Crippen LogP contribution in [0.15, 0.2) is 24.3 Å². The first-order valence-corrected chi connectivity index (χ1v) is 5.31. The Morgan fingerprint density at radius 3 is 2.93 bits per heavy atom. The van der Waals surface area contributed by atoms with Crippen molar-refractivity contribution < 1.29 is 9.50 Å². The van der Waals surface area contributed by atoms with Crippen molar-refractivity contribution in [3.05, 3.63) is 35.6 Å². The molecule has 1 aromatic rings. The normalized spacial score (nSPS) is 12.7. The second-order valence-electron chi connectivity index (χ2n) is 3.77. The molecule has 0 fully saturated rings. The number of halogens is 1. The van der Waals surface area contributed by atoms with Crippen LogP contribution in [-0.4, -0.2) is 24.3 Å². The summed E-state index contributed by atoms with van der Waals surface area (Å²) in [5, 5.41) is 11.9. The van der Waals surface area contributed by atoms with Crippen LogP contribution in [0.25, 0.3) is 0 Å². The van der Waals surface area contributed by atoms with Crippen molar-refractivity contribution in [2.75, 3.05) is 13.2 Å². The van der Waals surface area contributed by atoms with Crippen molar-refractivity contribution >= 4 is 0 Å². The maximum absolute atomic E-state index is 12.9. The quantitative estimate of drug-likeness (QED) is 0.702. The Balaban J connectivity index is 2.34. The standard InChI is InChI=1S/C12H18FNO/c1-10(14-6-3-7-15)8-11-4-2-5-12(13)9-11/h2,4-5,9-10,14-15H,3,6-8H2,1H3. The molecule has 1 atom stereocenters. The number of nitrogens with one attached hydrogen (secondary N) is 1. The van der Waals surface area contributed by atoms with Gasteiger partial charge in [-0.05, 0) is 44.0 Å². The SMILES string of the molecule is CC(Cc1cccc(F)c1)NCCCO. The number of rotatable bonds is 6. The van der Waals surface area contributed by atoms with Gasteiger partial charge in [-0.1, -0.05) is 12.1 Å². The summed E-state index contributed by atoms with van der Waals surface area (Å²) in [6, 6.07) is 6.97. The number of aliphatic hydroxyl groups is 1. The first-order valence-electron chi connectivity index (χ1n) is 5.31. The van der Waals surface area contributed by atoms with Crippen LogP contribution in [0.1, 0.15) is 18.9 Å². The van der Waals surface area contributed by atoms with Crippen LogP contribution in [0.4, 0.5) is 4.39 Å². The van der Waals surface area contributed by atoms with E-state index in [1.165, 1.54) is 6.07 Å². The molecule has 2 N–H and O–H groups in total. The predicted octanol–water partition coefficient (Wildman–Crippen LogP) is 1.73. The third kappa shape index (κ3) is 4.91. The maximum atomic E-state index is 12.9. The zero-order valence-corrected chi connectivity index (χ0v) is 9.04.